The second-order valence-electron chi connectivity index (χ2n) is 7.56. The van der Waals surface area contributed by atoms with Crippen LogP contribution in [0.25, 0.3) is 0 Å². The van der Waals surface area contributed by atoms with E-state index in [9.17, 15) is 9.59 Å². The average Bonchev–Trinajstić information content (AvgIpc) is 2.69. The number of rotatable bonds is 7. The minimum absolute atomic E-state index is 0.254. The van der Waals surface area contributed by atoms with Crippen LogP contribution in [0.3, 0.4) is 0 Å². The summed E-state index contributed by atoms with van der Waals surface area (Å²) in [6.07, 6.45) is 1.13. The molecule has 2 aromatic carbocycles. The lowest BCUT2D eigenvalue weighted by Gasteiger charge is -2.30. The van der Waals surface area contributed by atoms with Gasteiger partial charge in [-0.2, -0.15) is 0 Å². The maximum atomic E-state index is 12.8. The Morgan fingerprint density at radius 3 is 2.43 bits per heavy atom. The number of hydrogen-bond donors (Lipinski definition) is 2. The van der Waals surface area contributed by atoms with Crippen molar-refractivity contribution in [2.24, 2.45) is 0 Å². The summed E-state index contributed by atoms with van der Waals surface area (Å²) in [5, 5.41) is 5.63. The van der Waals surface area contributed by atoms with Crippen molar-refractivity contribution in [1.29, 1.82) is 0 Å². The van der Waals surface area contributed by atoms with Crippen LogP contribution >= 0.6 is 0 Å². The fourth-order valence-corrected chi connectivity index (χ4v) is 3.36. The van der Waals surface area contributed by atoms with Crippen LogP contribution in [-0.4, -0.2) is 18.1 Å². The number of amides is 2. The Kier molecular flexibility index (Phi) is 6.77. The number of benzene rings is 2. The molecule has 2 aromatic rings. The van der Waals surface area contributed by atoms with Gasteiger partial charge in [0.2, 0.25) is 0 Å². The van der Waals surface area contributed by atoms with Crippen LogP contribution in [0.2, 0.25) is 0 Å². The highest BCUT2D eigenvalue weighted by Crippen LogP contribution is 2.32. The van der Waals surface area contributed by atoms with Crippen LogP contribution in [0.4, 0.5) is 4.79 Å². The molecule has 0 aliphatic carbocycles. The van der Waals surface area contributed by atoms with Crippen LogP contribution in [0.1, 0.15) is 50.8 Å². The lowest BCUT2D eigenvalue weighted by atomic mass is 9.93. The molecule has 1 heterocycles. The van der Waals surface area contributed by atoms with E-state index in [1.165, 1.54) is 0 Å². The lowest BCUT2D eigenvalue weighted by molar-refractivity contribution is -0.143. The molecule has 0 saturated carbocycles. The number of allylic oxidation sites excluding steroid dienone is 1. The zero-order chi connectivity index (χ0) is 21.7. The van der Waals surface area contributed by atoms with Crippen LogP contribution in [0.5, 0.6) is 11.5 Å². The van der Waals surface area contributed by atoms with E-state index in [0.717, 1.165) is 23.3 Å². The minimum Gasteiger partial charge on any atom is -0.459 e. The number of carbonyl (C=O) groups is 2. The minimum atomic E-state index is -0.584. The van der Waals surface area contributed by atoms with Gasteiger partial charge in [-0.05, 0) is 56.5 Å². The molecule has 1 unspecified atom stereocenters. The summed E-state index contributed by atoms with van der Waals surface area (Å²) in [5.41, 5.74) is 2.87. The lowest BCUT2D eigenvalue weighted by Crippen LogP contribution is -2.46. The molecular weight excluding hydrogens is 380 g/mol. The molecule has 6 nitrogen and oxygen atoms in total. The first-order valence-corrected chi connectivity index (χ1v) is 10.2. The van der Waals surface area contributed by atoms with E-state index in [2.05, 4.69) is 10.6 Å². The van der Waals surface area contributed by atoms with E-state index in [0.29, 0.717) is 23.4 Å². The molecule has 0 aromatic heterocycles. The summed E-state index contributed by atoms with van der Waals surface area (Å²) in [5.74, 6) is 1.04. The van der Waals surface area contributed by atoms with Gasteiger partial charge in [-0.3, -0.25) is 0 Å². The fourth-order valence-electron chi connectivity index (χ4n) is 3.36. The molecule has 0 spiro atoms. The molecule has 6 heteroatoms. The Labute approximate surface area is 177 Å². The van der Waals surface area contributed by atoms with E-state index < -0.39 is 12.0 Å². The molecule has 30 heavy (non-hydrogen) atoms. The number of aryl methyl sites for hydroxylation is 1. The van der Waals surface area contributed by atoms with Crippen LogP contribution in [0, 0.1) is 6.92 Å². The predicted octanol–water partition coefficient (Wildman–Crippen LogP) is 5.15. The zero-order valence-electron chi connectivity index (χ0n) is 17.8. The van der Waals surface area contributed by atoms with Gasteiger partial charge in [0.05, 0.1) is 17.7 Å². The second-order valence-corrected chi connectivity index (χ2v) is 7.56. The van der Waals surface area contributed by atoms with E-state index in [4.69, 9.17) is 9.47 Å². The topological polar surface area (TPSA) is 76.7 Å². The van der Waals surface area contributed by atoms with Crippen molar-refractivity contribution in [3.8, 4) is 11.5 Å². The first-order chi connectivity index (χ1) is 14.4. The average molecular weight is 408 g/mol. The first-order valence-electron chi connectivity index (χ1n) is 10.2. The van der Waals surface area contributed by atoms with Gasteiger partial charge in [0, 0.05) is 5.70 Å². The number of ether oxygens (including phenoxy) is 2. The maximum Gasteiger partial charge on any atom is 0.338 e. The first kappa shape index (κ1) is 21.4. The fraction of sp³-hybridized carbons (Fsp3) is 0.333. The molecule has 0 radical (unpaired) electrons. The van der Waals surface area contributed by atoms with Gasteiger partial charge >= 0.3 is 12.0 Å². The molecule has 158 valence electrons. The van der Waals surface area contributed by atoms with Crippen LogP contribution in [-0.2, 0) is 9.53 Å². The Bertz CT molecular complexity index is 948. The molecule has 3 rings (SSSR count). The molecular formula is C24H28N2O4. The maximum absolute atomic E-state index is 12.8. The van der Waals surface area contributed by atoms with Gasteiger partial charge in [-0.1, -0.05) is 43.7 Å². The van der Waals surface area contributed by atoms with Gasteiger partial charge in [0.15, 0.2) is 0 Å². The number of esters is 1. The highest BCUT2D eigenvalue weighted by atomic mass is 16.5. The SMILES string of the molecule is CCCC1=C(C(=O)OC(C)C)C(c2ccc(Oc3ccccc3C)cc2)NC(=O)N1. The van der Waals surface area contributed by atoms with Crippen LogP contribution in [0.15, 0.2) is 59.8 Å². The number of para-hydroxylation sites is 1. The van der Waals surface area contributed by atoms with Crippen molar-refractivity contribution in [3.63, 3.8) is 0 Å². The van der Waals surface area contributed by atoms with Crippen molar-refractivity contribution in [2.45, 2.75) is 52.7 Å². The summed E-state index contributed by atoms with van der Waals surface area (Å²) in [7, 11) is 0. The monoisotopic (exact) mass is 408 g/mol. The summed E-state index contributed by atoms with van der Waals surface area (Å²) in [6.45, 7) is 7.60. The van der Waals surface area contributed by atoms with Gasteiger partial charge in [-0.15, -0.1) is 0 Å². The molecule has 1 atom stereocenters. The summed E-state index contributed by atoms with van der Waals surface area (Å²) in [4.78, 5) is 25.1. The van der Waals surface area contributed by atoms with Gasteiger partial charge < -0.3 is 20.1 Å². The Balaban J connectivity index is 1.91. The summed E-state index contributed by atoms with van der Waals surface area (Å²) >= 11 is 0. The van der Waals surface area contributed by atoms with E-state index >= 15 is 0 Å². The largest absolute Gasteiger partial charge is 0.459 e. The number of carbonyl (C=O) groups excluding carboxylic acids is 2. The Morgan fingerprint density at radius 1 is 1.10 bits per heavy atom. The van der Waals surface area contributed by atoms with Crippen molar-refractivity contribution >= 4 is 12.0 Å². The van der Waals surface area contributed by atoms with E-state index in [1.54, 1.807) is 13.8 Å². The molecule has 2 amide bonds. The smallest absolute Gasteiger partial charge is 0.338 e. The van der Waals surface area contributed by atoms with E-state index in [1.807, 2.05) is 62.4 Å². The highest BCUT2D eigenvalue weighted by Gasteiger charge is 2.33. The quantitative estimate of drug-likeness (QED) is 0.622. The van der Waals surface area contributed by atoms with Crippen molar-refractivity contribution in [1.82, 2.24) is 10.6 Å². The van der Waals surface area contributed by atoms with Gasteiger partial charge in [-0.25, -0.2) is 9.59 Å². The van der Waals surface area contributed by atoms with Crippen molar-refractivity contribution < 1.29 is 19.1 Å². The van der Waals surface area contributed by atoms with Gasteiger partial charge in [0.25, 0.3) is 0 Å². The predicted molar refractivity (Wildman–Crippen MR) is 115 cm³/mol. The highest BCUT2D eigenvalue weighted by molar-refractivity contribution is 5.95. The number of nitrogens with one attached hydrogen (secondary N) is 2. The third-order valence-corrected chi connectivity index (χ3v) is 4.75. The number of urea groups is 1. The normalized spacial score (nSPS) is 16.2. The molecule has 2 N–H and O–H groups in total. The number of hydrogen-bond acceptors (Lipinski definition) is 4. The van der Waals surface area contributed by atoms with Crippen molar-refractivity contribution in [3.05, 3.63) is 70.9 Å². The van der Waals surface area contributed by atoms with E-state index in [-0.39, 0.29) is 12.1 Å². The second kappa shape index (κ2) is 9.48. The standard InChI is InChI=1S/C24H28N2O4/c1-5-8-19-21(23(27)29-15(2)3)22(26-24(28)25-19)17-11-13-18(14-12-17)30-20-10-7-6-9-16(20)4/h6-7,9-15,22H,5,8H2,1-4H3,(H2,25,26,28). The molecule has 0 bridgehead atoms. The van der Waals surface area contributed by atoms with Gasteiger partial charge in [0.1, 0.15) is 11.5 Å². The molecule has 1 aliphatic heterocycles. The van der Waals surface area contributed by atoms with Crippen molar-refractivity contribution in [2.75, 3.05) is 0 Å². The molecule has 1 aliphatic rings. The Morgan fingerprint density at radius 2 is 1.80 bits per heavy atom. The third-order valence-electron chi connectivity index (χ3n) is 4.75. The Hall–Kier alpha value is -3.28. The summed E-state index contributed by atoms with van der Waals surface area (Å²) < 4.78 is 11.4. The zero-order valence-corrected chi connectivity index (χ0v) is 17.8. The van der Waals surface area contributed by atoms with Crippen LogP contribution < -0.4 is 15.4 Å². The summed E-state index contributed by atoms with van der Waals surface area (Å²) in [6, 6.07) is 14.3. The molecule has 0 saturated heterocycles. The molecule has 0 fully saturated rings. The third kappa shape index (κ3) is 5.00.